The predicted molar refractivity (Wildman–Crippen MR) is 87.5 cm³/mol. The fourth-order valence-corrected chi connectivity index (χ4v) is 1.63. The first-order valence-corrected chi connectivity index (χ1v) is 7.59. The lowest BCUT2D eigenvalue weighted by Crippen LogP contribution is -2.31. The molecule has 0 bridgehead atoms. The lowest BCUT2D eigenvalue weighted by molar-refractivity contribution is 0.530. The van der Waals surface area contributed by atoms with Gasteiger partial charge in [0, 0.05) is 23.6 Å². The van der Waals surface area contributed by atoms with Gasteiger partial charge in [0.1, 0.15) is 17.5 Å². The van der Waals surface area contributed by atoms with Gasteiger partial charge in [-0.2, -0.15) is 0 Å². The minimum atomic E-state index is -0.0588. The molecule has 0 aliphatic heterocycles. The van der Waals surface area contributed by atoms with E-state index in [2.05, 4.69) is 69.1 Å². The van der Waals surface area contributed by atoms with Crippen molar-refractivity contribution in [3.63, 3.8) is 0 Å². The Morgan fingerprint density at radius 2 is 1.60 bits per heavy atom. The zero-order valence-electron chi connectivity index (χ0n) is 14.1. The third-order valence-electron chi connectivity index (χ3n) is 3.30. The minimum absolute atomic E-state index is 0.0333. The van der Waals surface area contributed by atoms with Crippen molar-refractivity contribution >= 4 is 11.6 Å². The molecule has 4 heteroatoms. The van der Waals surface area contributed by atoms with Crippen LogP contribution in [0.1, 0.15) is 67.1 Å². The summed E-state index contributed by atoms with van der Waals surface area (Å²) in [6.45, 7) is 16.0. The van der Waals surface area contributed by atoms with Crippen LogP contribution in [0.15, 0.2) is 6.07 Å². The summed E-state index contributed by atoms with van der Waals surface area (Å²) in [5, 5.41) is 6.87. The fourth-order valence-electron chi connectivity index (χ4n) is 1.63. The Bertz CT molecular complexity index is 433. The normalized spacial score (nSPS) is 12.3. The summed E-state index contributed by atoms with van der Waals surface area (Å²) >= 11 is 0. The van der Waals surface area contributed by atoms with Crippen LogP contribution in [0.2, 0.25) is 0 Å². The molecule has 0 aromatic carbocycles. The average Bonchev–Trinajstić information content (AvgIpc) is 2.34. The van der Waals surface area contributed by atoms with E-state index in [1.54, 1.807) is 0 Å². The van der Waals surface area contributed by atoms with Gasteiger partial charge in [-0.3, -0.25) is 0 Å². The van der Waals surface area contributed by atoms with Crippen LogP contribution in [-0.4, -0.2) is 22.1 Å². The molecule has 0 aliphatic rings. The van der Waals surface area contributed by atoms with Crippen molar-refractivity contribution in [1.29, 1.82) is 0 Å². The number of hydrogen-bond acceptors (Lipinski definition) is 4. The molecule has 0 unspecified atom stereocenters. The molecule has 4 nitrogen and oxygen atoms in total. The average molecular weight is 278 g/mol. The molecule has 1 aromatic rings. The van der Waals surface area contributed by atoms with E-state index in [0.717, 1.165) is 36.8 Å². The van der Waals surface area contributed by atoms with Crippen LogP contribution in [0, 0.1) is 0 Å². The maximum Gasteiger partial charge on any atom is 0.138 e. The van der Waals surface area contributed by atoms with E-state index < -0.39 is 0 Å². The highest BCUT2D eigenvalue weighted by molar-refractivity contribution is 5.49. The molecule has 114 valence electrons. The van der Waals surface area contributed by atoms with Gasteiger partial charge in [-0.15, -0.1) is 0 Å². The molecule has 0 spiro atoms. The molecule has 20 heavy (non-hydrogen) atoms. The maximum atomic E-state index is 4.68. The first-order valence-electron chi connectivity index (χ1n) is 7.59. The van der Waals surface area contributed by atoms with E-state index in [1.165, 1.54) is 0 Å². The maximum absolute atomic E-state index is 4.68. The summed E-state index contributed by atoms with van der Waals surface area (Å²) in [5.41, 5.74) is -0.0256. The van der Waals surface area contributed by atoms with Crippen molar-refractivity contribution < 1.29 is 0 Å². The number of nitrogens with zero attached hydrogens (tertiary/aromatic N) is 2. The van der Waals surface area contributed by atoms with Crippen LogP contribution in [-0.2, 0) is 5.41 Å². The van der Waals surface area contributed by atoms with Crippen molar-refractivity contribution in [3.05, 3.63) is 11.9 Å². The summed E-state index contributed by atoms with van der Waals surface area (Å²) in [6, 6.07) is 2.00. The van der Waals surface area contributed by atoms with Crippen molar-refractivity contribution in [2.24, 2.45) is 0 Å². The van der Waals surface area contributed by atoms with Gasteiger partial charge in [0.25, 0.3) is 0 Å². The molecule has 0 aliphatic carbocycles. The lowest BCUT2D eigenvalue weighted by atomic mass is 9.95. The zero-order valence-corrected chi connectivity index (χ0v) is 14.1. The Kier molecular flexibility index (Phi) is 5.37. The van der Waals surface area contributed by atoms with E-state index in [1.807, 2.05) is 6.07 Å². The van der Waals surface area contributed by atoms with Crippen molar-refractivity contribution in [2.45, 2.75) is 72.3 Å². The lowest BCUT2D eigenvalue weighted by Gasteiger charge is -2.27. The van der Waals surface area contributed by atoms with Crippen LogP contribution in [0.5, 0.6) is 0 Å². The number of hydrogen-bond donors (Lipinski definition) is 2. The van der Waals surface area contributed by atoms with Crippen LogP contribution in [0.4, 0.5) is 11.6 Å². The van der Waals surface area contributed by atoms with E-state index in [-0.39, 0.29) is 11.0 Å². The second-order valence-electron chi connectivity index (χ2n) is 7.00. The highest BCUT2D eigenvalue weighted by Crippen LogP contribution is 2.24. The second kappa shape index (κ2) is 6.42. The number of rotatable bonds is 6. The standard InChI is InChI=1S/C16H30N4/c1-8-10-17-12-11-13(20-16(6,7)9-2)19-14(18-12)15(3,4)5/h11H,8-10H2,1-7H3,(H2,17,18,19,20). The second-order valence-corrected chi connectivity index (χ2v) is 7.00. The molecule has 0 saturated carbocycles. The minimum Gasteiger partial charge on any atom is -0.370 e. The number of anilines is 2. The van der Waals surface area contributed by atoms with Gasteiger partial charge in [0.2, 0.25) is 0 Å². The van der Waals surface area contributed by atoms with Gasteiger partial charge in [0.15, 0.2) is 0 Å². The first kappa shape index (κ1) is 16.7. The molecule has 1 rings (SSSR count). The van der Waals surface area contributed by atoms with E-state index in [9.17, 15) is 0 Å². The molecular formula is C16H30N4. The van der Waals surface area contributed by atoms with Crippen LogP contribution < -0.4 is 10.6 Å². The van der Waals surface area contributed by atoms with Crippen molar-refractivity contribution in [3.8, 4) is 0 Å². The molecule has 0 atom stereocenters. The molecular weight excluding hydrogens is 248 g/mol. The van der Waals surface area contributed by atoms with Gasteiger partial charge in [-0.1, -0.05) is 34.6 Å². The summed E-state index contributed by atoms with van der Waals surface area (Å²) in [6.07, 6.45) is 2.12. The predicted octanol–water partition coefficient (Wildman–Crippen LogP) is 4.20. The number of aromatic nitrogens is 2. The highest BCUT2D eigenvalue weighted by atomic mass is 15.1. The zero-order chi connectivity index (χ0) is 15.4. The third-order valence-corrected chi connectivity index (χ3v) is 3.30. The van der Waals surface area contributed by atoms with Gasteiger partial charge in [-0.25, -0.2) is 9.97 Å². The van der Waals surface area contributed by atoms with E-state index in [0.29, 0.717) is 0 Å². The summed E-state index contributed by atoms with van der Waals surface area (Å²) < 4.78 is 0. The van der Waals surface area contributed by atoms with E-state index >= 15 is 0 Å². The highest BCUT2D eigenvalue weighted by Gasteiger charge is 2.21. The third kappa shape index (κ3) is 4.99. The van der Waals surface area contributed by atoms with Crippen molar-refractivity contribution in [1.82, 2.24) is 9.97 Å². The van der Waals surface area contributed by atoms with Gasteiger partial charge in [-0.05, 0) is 26.7 Å². The number of nitrogens with one attached hydrogen (secondary N) is 2. The quantitative estimate of drug-likeness (QED) is 0.819. The molecule has 0 saturated heterocycles. The topological polar surface area (TPSA) is 49.8 Å². The van der Waals surface area contributed by atoms with Crippen LogP contribution in [0.3, 0.4) is 0 Å². The largest absolute Gasteiger partial charge is 0.370 e. The monoisotopic (exact) mass is 278 g/mol. The summed E-state index contributed by atoms with van der Waals surface area (Å²) in [7, 11) is 0. The summed E-state index contributed by atoms with van der Waals surface area (Å²) in [5.74, 6) is 2.67. The molecule has 0 fully saturated rings. The summed E-state index contributed by atoms with van der Waals surface area (Å²) in [4.78, 5) is 9.32. The molecule has 0 amide bonds. The SMILES string of the molecule is CCCNc1cc(NC(C)(C)CC)nc(C(C)(C)C)n1. The smallest absolute Gasteiger partial charge is 0.138 e. The van der Waals surface area contributed by atoms with E-state index in [4.69, 9.17) is 0 Å². The van der Waals surface area contributed by atoms with Crippen LogP contribution >= 0.6 is 0 Å². The Labute approximate surface area is 123 Å². The Morgan fingerprint density at radius 3 is 2.10 bits per heavy atom. The Morgan fingerprint density at radius 1 is 1.00 bits per heavy atom. The Balaban J connectivity index is 3.10. The Hall–Kier alpha value is -1.32. The molecule has 1 heterocycles. The van der Waals surface area contributed by atoms with Crippen molar-refractivity contribution in [2.75, 3.05) is 17.2 Å². The van der Waals surface area contributed by atoms with Gasteiger partial charge in [0.05, 0.1) is 0 Å². The van der Waals surface area contributed by atoms with Gasteiger partial charge >= 0.3 is 0 Å². The first-order chi connectivity index (χ1) is 9.18. The molecule has 0 radical (unpaired) electrons. The molecule has 2 N–H and O–H groups in total. The fraction of sp³-hybridized carbons (Fsp3) is 0.750. The van der Waals surface area contributed by atoms with Gasteiger partial charge < -0.3 is 10.6 Å². The molecule has 1 aromatic heterocycles. The van der Waals surface area contributed by atoms with Crippen LogP contribution in [0.25, 0.3) is 0 Å².